The molecule has 0 bridgehead atoms. The third-order valence-corrected chi connectivity index (χ3v) is 4.21. The number of carbonyl (C=O) groups excluding carboxylic acids is 1. The molecule has 0 radical (unpaired) electrons. The first-order valence-electron chi connectivity index (χ1n) is 7.52. The number of nitrogens with zero attached hydrogens (tertiary/aromatic N) is 2. The average molecular weight is 283 g/mol. The molecule has 2 aromatic rings. The molecule has 2 heterocycles. The Bertz CT molecular complexity index is 668. The lowest BCUT2D eigenvalue weighted by Gasteiger charge is -2.32. The van der Waals surface area contributed by atoms with E-state index in [9.17, 15) is 4.79 Å². The SMILES string of the molecule is CN[C@H]1CCCN(C(=O)c2cccc3ccc(C)nc23)C1. The Morgan fingerprint density at radius 2 is 2.19 bits per heavy atom. The summed E-state index contributed by atoms with van der Waals surface area (Å²) in [7, 11) is 1.96. The Labute approximate surface area is 125 Å². The van der Waals surface area contributed by atoms with Crippen LogP contribution in [-0.2, 0) is 0 Å². The van der Waals surface area contributed by atoms with Gasteiger partial charge in [0.25, 0.3) is 5.91 Å². The zero-order chi connectivity index (χ0) is 14.8. The van der Waals surface area contributed by atoms with Crippen LogP contribution in [0.5, 0.6) is 0 Å². The monoisotopic (exact) mass is 283 g/mol. The van der Waals surface area contributed by atoms with E-state index in [2.05, 4.69) is 10.3 Å². The summed E-state index contributed by atoms with van der Waals surface area (Å²) in [6.45, 7) is 3.56. The minimum Gasteiger partial charge on any atom is -0.337 e. The number of fused-ring (bicyclic) bond motifs is 1. The van der Waals surface area contributed by atoms with E-state index in [1.807, 2.05) is 49.2 Å². The third kappa shape index (κ3) is 2.76. The van der Waals surface area contributed by atoms with Crippen LogP contribution < -0.4 is 5.32 Å². The quantitative estimate of drug-likeness (QED) is 0.920. The van der Waals surface area contributed by atoms with E-state index >= 15 is 0 Å². The maximum atomic E-state index is 12.8. The van der Waals surface area contributed by atoms with Crippen molar-refractivity contribution in [3.8, 4) is 0 Å². The second kappa shape index (κ2) is 5.82. The molecule has 1 aliphatic heterocycles. The predicted octanol–water partition coefficient (Wildman–Crippen LogP) is 2.37. The highest BCUT2D eigenvalue weighted by Gasteiger charge is 2.24. The summed E-state index contributed by atoms with van der Waals surface area (Å²) in [6, 6.07) is 10.2. The summed E-state index contributed by atoms with van der Waals surface area (Å²) < 4.78 is 0. The number of hydrogen-bond acceptors (Lipinski definition) is 3. The smallest absolute Gasteiger partial charge is 0.256 e. The van der Waals surface area contributed by atoms with Crippen LogP contribution >= 0.6 is 0 Å². The highest BCUT2D eigenvalue weighted by Crippen LogP contribution is 2.21. The Kier molecular flexibility index (Phi) is 3.88. The van der Waals surface area contributed by atoms with Crippen LogP contribution in [0.15, 0.2) is 30.3 Å². The number of likely N-dealkylation sites (N-methyl/N-ethyl adjacent to an activating group) is 1. The predicted molar refractivity (Wildman–Crippen MR) is 84.5 cm³/mol. The maximum absolute atomic E-state index is 12.8. The van der Waals surface area contributed by atoms with E-state index in [0.29, 0.717) is 11.6 Å². The van der Waals surface area contributed by atoms with Crippen LogP contribution in [0, 0.1) is 6.92 Å². The summed E-state index contributed by atoms with van der Waals surface area (Å²) >= 11 is 0. The molecule has 1 N–H and O–H groups in total. The van der Waals surface area contributed by atoms with Crippen molar-refractivity contribution in [3.63, 3.8) is 0 Å². The van der Waals surface area contributed by atoms with Gasteiger partial charge in [-0.1, -0.05) is 18.2 Å². The van der Waals surface area contributed by atoms with Gasteiger partial charge in [-0.25, -0.2) is 0 Å². The number of amides is 1. The zero-order valence-electron chi connectivity index (χ0n) is 12.6. The first-order valence-corrected chi connectivity index (χ1v) is 7.52. The van der Waals surface area contributed by atoms with Crippen LogP contribution in [0.4, 0.5) is 0 Å². The summed E-state index contributed by atoms with van der Waals surface area (Å²) in [6.07, 6.45) is 2.18. The zero-order valence-corrected chi connectivity index (χ0v) is 12.6. The van der Waals surface area contributed by atoms with Gasteiger partial charge in [0.1, 0.15) is 0 Å². The standard InChI is InChI=1S/C17H21N3O/c1-12-8-9-13-5-3-7-15(16(13)19-12)17(21)20-10-4-6-14(11-20)18-2/h3,5,7-9,14,18H,4,6,10-11H2,1-2H3/t14-/m0/s1. The van der Waals surface area contributed by atoms with Crippen LogP contribution in [0.2, 0.25) is 0 Å². The molecule has 1 aliphatic rings. The summed E-state index contributed by atoms with van der Waals surface area (Å²) in [5, 5.41) is 4.30. The highest BCUT2D eigenvalue weighted by atomic mass is 16.2. The molecule has 1 amide bonds. The molecule has 0 spiro atoms. The molecule has 4 heteroatoms. The molecule has 110 valence electrons. The minimum absolute atomic E-state index is 0.0960. The van der Waals surface area contributed by atoms with Gasteiger partial charge in [-0.05, 0) is 38.9 Å². The van der Waals surface area contributed by atoms with Crippen molar-refractivity contribution in [3.05, 3.63) is 41.6 Å². The molecule has 1 fully saturated rings. The lowest BCUT2D eigenvalue weighted by Crippen LogP contribution is -2.47. The Balaban J connectivity index is 1.96. The minimum atomic E-state index is 0.0960. The van der Waals surface area contributed by atoms with Gasteiger partial charge in [-0.3, -0.25) is 9.78 Å². The van der Waals surface area contributed by atoms with Crippen molar-refractivity contribution in [1.29, 1.82) is 0 Å². The molecule has 1 aromatic heterocycles. The van der Waals surface area contributed by atoms with E-state index in [-0.39, 0.29) is 5.91 Å². The van der Waals surface area contributed by atoms with Crippen molar-refractivity contribution in [2.75, 3.05) is 20.1 Å². The average Bonchev–Trinajstić information content (AvgIpc) is 2.53. The molecule has 1 aromatic carbocycles. The number of carbonyl (C=O) groups is 1. The molecule has 4 nitrogen and oxygen atoms in total. The van der Waals surface area contributed by atoms with E-state index in [0.717, 1.165) is 42.5 Å². The second-order valence-corrected chi connectivity index (χ2v) is 5.71. The number of aryl methyl sites for hydroxylation is 1. The fourth-order valence-electron chi connectivity index (χ4n) is 2.98. The number of likely N-dealkylation sites (tertiary alicyclic amines) is 1. The number of rotatable bonds is 2. The lowest BCUT2D eigenvalue weighted by molar-refractivity contribution is 0.0700. The van der Waals surface area contributed by atoms with Gasteiger partial charge >= 0.3 is 0 Å². The van der Waals surface area contributed by atoms with Gasteiger partial charge in [0.2, 0.25) is 0 Å². The van der Waals surface area contributed by atoms with E-state index in [1.54, 1.807) is 0 Å². The van der Waals surface area contributed by atoms with Crippen LogP contribution in [-0.4, -0.2) is 42.0 Å². The van der Waals surface area contributed by atoms with Crippen molar-refractivity contribution < 1.29 is 4.79 Å². The van der Waals surface area contributed by atoms with Gasteiger partial charge in [0.15, 0.2) is 0 Å². The van der Waals surface area contributed by atoms with Crippen LogP contribution in [0.3, 0.4) is 0 Å². The third-order valence-electron chi connectivity index (χ3n) is 4.21. The number of piperidine rings is 1. The van der Waals surface area contributed by atoms with Gasteiger partial charge in [0, 0.05) is 30.2 Å². The molecule has 21 heavy (non-hydrogen) atoms. The van der Waals surface area contributed by atoms with Gasteiger partial charge < -0.3 is 10.2 Å². The molecule has 0 saturated carbocycles. The van der Waals surface area contributed by atoms with Gasteiger partial charge in [0.05, 0.1) is 11.1 Å². The normalized spacial score (nSPS) is 19.0. The Morgan fingerprint density at radius 3 is 3.00 bits per heavy atom. The molecule has 1 atom stereocenters. The van der Waals surface area contributed by atoms with Crippen LogP contribution in [0.1, 0.15) is 28.9 Å². The Morgan fingerprint density at radius 1 is 1.33 bits per heavy atom. The lowest BCUT2D eigenvalue weighted by atomic mass is 10.0. The number of benzene rings is 1. The molecule has 1 saturated heterocycles. The maximum Gasteiger partial charge on any atom is 0.256 e. The Hall–Kier alpha value is -1.94. The van der Waals surface area contributed by atoms with Gasteiger partial charge in [-0.15, -0.1) is 0 Å². The molecule has 3 rings (SSSR count). The fraction of sp³-hybridized carbons (Fsp3) is 0.412. The fourth-order valence-corrected chi connectivity index (χ4v) is 2.98. The molecular weight excluding hydrogens is 262 g/mol. The van der Waals surface area contributed by atoms with E-state index in [4.69, 9.17) is 0 Å². The number of hydrogen-bond donors (Lipinski definition) is 1. The van der Waals surface area contributed by atoms with Crippen molar-refractivity contribution >= 4 is 16.8 Å². The van der Waals surface area contributed by atoms with E-state index < -0.39 is 0 Å². The number of pyridine rings is 1. The summed E-state index contributed by atoms with van der Waals surface area (Å²) in [5.41, 5.74) is 2.47. The van der Waals surface area contributed by atoms with Gasteiger partial charge in [-0.2, -0.15) is 0 Å². The molecule has 0 unspecified atom stereocenters. The first kappa shape index (κ1) is 14.0. The number of para-hydroxylation sites is 1. The first-order chi connectivity index (χ1) is 10.2. The van der Waals surface area contributed by atoms with Crippen molar-refractivity contribution in [2.45, 2.75) is 25.8 Å². The number of nitrogens with one attached hydrogen (secondary N) is 1. The largest absolute Gasteiger partial charge is 0.337 e. The second-order valence-electron chi connectivity index (χ2n) is 5.71. The highest BCUT2D eigenvalue weighted by molar-refractivity contribution is 6.05. The number of aromatic nitrogens is 1. The topological polar surface area (TPSA) is 45.2 Å². The summed E-state index contributed by atoms with van der Waals surface area (Å²) in [5.74, 6) is 0.0960. The van der Waals surface area contributed by atoms with Crippen molar-refractivity contribution in [2.24, 2.45) is 0 Å². The van der Waals surface area contributed by atoms with E-state index in [1.165, 1.54) is 0 Å². The molecule has 0 aliphatic carbocycles. The molecular formula is C17H21N3O. The van der Waals surface area contributed by atoms with Crippen molar-refractivity contribution in [1.82, 2.24) is 15.2 Å². The van der Waals surface area contributed by atoms with Crippen LogP contribution in [0.25, 0.3) is 10.9 Å². The summed E-state index contributed by atoms with van der Waals surface area (Å²) in [4.78, 5) is 19.4.